The third kappa shape index (κ3) is 10.8. The maximum atomic E-state index is 13.3. The summed E-state index contributed by atoms with van der Waals surface area (Å²) in [5, 5.41) is 0. The Hall–Kier alpha value is -5.84. The minimum Gasteiger partial charge on any atom is -0.378 e. The van der Waals surface area contributed by atoms with Crippen LogP contribution < -0.4 is 26.8 Å². The first-order valence-electron chi connectivity index (χ1n) is 18.4. The summed E-state index contributed by atoms with van der Waals surface area (Å²) in [5.41, 5.74) is -2.66. The molecule has 0 aliphatic rings. The first kappa shape index (κ1) is 47.2. The fourth-order valence-corrected chi connectivity index (χ4v) is 8.63. The Bertz CT molecular complexity index is 2250. The third-order valence-corrected chi connectivity index (χ3v) is 12.4. The minimum absolute atomic E-state index is 0.0114. The number of hydrogen-bond acceptors (Lipinski definition) is 3. The number of Topliss-reactive ketones (excluding diaryl/α,β-unsaturated/α-hetero) is 1. The van der Waals surface area contributed by atoms with Gasteiger partial charge in [0.15, 0.2) is 10.6 Å². The summed E-state index contributed by atoms with van der Waals surface area (Å²) in [4.78, 5) is 15.0. The lowest BCUT2D eigenvalue weighted by Gasteiger charge is -2.44. The van der Waals surface area contributed by atoms with Crippen LogP contribution >= 0.6 is 0 Å². The van der Waals surface area contributed by atoms with Gasteiger partial charge in [0.05, 0.1) is 22.3 Å². The highest BCUT2D eigenvalue weighted by molar-refractivity contribution is 8.03. The number of hydrogen-bond donors (Lipinski definition) is 0. The van der Waals surface area contributed by atoms with Crippen LogP contribution in [0, 0.1) is 0 Å². The quantitative estimate of drug-likeness (QED) is 0.0628. The molecule has 0 radical (unpaired) electrons. The molecule has 0 saturated heterocycles. The molecule has 6 aromatic carbocycles. The van der Waals surface area contributed by atoms with Gasteiger partial charge < -0.3 is 4.90 Å². The van der Waals surface area contributed by atoms with Crippen LogP contribution in [-0.2, 0) is 38.8 Å². The minimum atomic E-state index is -4.77. The van der Waals surface area contributed by atoms with Crippen molar-refractivity contribution in [2.45, 2.75) is 29.6 Å². The summed E-state index contributed by atoms with van der Waals surface area (Å²) in [6.45, 7) is 0. The number of benzene rings is 6. The average Bonchev–Trinajstić information content (AvgIpc) is 3.21. The van der Waals surface area contributed by atoms with Crippen LogP contribution in [0.5, 0.6) is 0 Å². The molecular formula is C45H36BF12NO2S. The number of rotatable bonds is 9. The van der Waals surface area contributed by atoms with Crippen molar-refractivity contribution in [1.82, 2.24) is 0 Å². The molecular weight excluding hydrogens is 857 g/mol. The summed E-state index contributed by atoms with van der Waals surface area (Å²) >= 11 is 0. The second-order valence-corrected chi connectivity index (χ2v) is 17.4. The Labute approximate surface area is 350 Å². The van der Waals surface area contributed by atoms with Gasteiger partial charge in [-0.2, -0.15) is 74.5 Å². The molecule has 0 aliphatic carbocycles. The maximum absolute atomic E-state index is 13.3. The van der Waals surface area contributed by atoms with Crippen molar-refractivity contribution in [3.8, 4) is 0 Å². The Balaban J connectivity index is 0.000000290. The van der Waals surface area contributed by atoms with E-state index in [0.29, 0.717) is 54.1 Å². The molecule has 6 aromatic rings. The summed E-state index contributed by atoms with van der Waals surface area (Å²) in [6, 6.07) is 30.1. The van der Waals surface area contributed by atoms with Crippen LogP contribution in [-0.4, -0.2) is 38.0 Å². The predicted molar refractivity (Wildman–Crippen MR) is 219 cm³/mol. The van der Waals surface area contributed by atoms with Gasteiger partial charge in [-0.05, 0) is 36.4 Å². The van der Waals surface area contributed by atoms with Gasteiger partial charge in [-0.15, -0.1) is 0 Å². The Morgan fingerprint density at radius 3 is 1.02 bits per heavy atom. The zero-order valence-electron chi connectivity index (χ0n) is 32.9. The lowest BCUT2D eigenvalue weighted by Crippen LogP contribution is -2.74. The highest BCUT2D eigenvalue weighted by atomic mass is 32.2. The van der Waals surface area contributed by atoms with Gasteiger partial charge in [0.2, 0.25) is 5.78 Å². The second-order valence-electron chi connectivity index (χ2n) is 14.7. The zero-order valence-corrected chi connectivity index (χ0v) is 33.7. The van der Waals surface area contributed by atoms with Crippen molar-refractivity contribution in [1.29, 1.82) is 0 Å². The molecule has 0 saturated carbocycles. The zero-order chi connectivity index (χ0) is 45.9. The van der Waals surface area contributed by atoms with Crippen molar-refractivity contribution in [2.24, 2.45) is 0 Å². The number of anilines is 1. The molecule has 0 amide bonds. The molecule has 0 bridgehead atoms. The normalized spacial score (nSPS) is 13.4. The standard InChI is InChI=1S/C28H16BF12.C17H20NO2S/c30-25(31,32)17-1-9-21(10-2-17)29(22-11-3-18(4-12-22)26(33,34)35,23-13-5-19(6-14-23)27(36,37)38)24-15-7-20(8-16-24)28(39,40)41;1-18(2)15-11-9-14(10-12-15)17(19)13-21(3,20)16-7-5-4-6-8-16/h1-16H;4-12H,13H2,1-3H3/q-1;+1. The van der Waals surface area contributed by atoms with Gasteiger partial charge in [0.1, 0.15) is 22.3 Å². The molecule has 6 rings (SSSR count). The van der Waals surface area contributed by atoms with E-state index < -0.39 is 63.0 Å². The van der Waals surface area contributed by atoms with Crippen molar-refractivity contribution in [2.75, 3.05) is 31.0 Å². The molecule has 17 heteroatoms. The van der Waals surface area contributed by atoms with Gasteiger partial charge in [-0.25, -0.2) is 0 Å². The fourth-order valence-electron chi connectivity index (χ4n) is 7.07. The lowest BCUT2D eigenvalue weighted by atomic mass is 9.13. The van der Waals surface area contributed by atoms with Gasteiger partial charge in [0.25, 0.3) is 0 Å². The highest BCUT2D eigenvalue weighted by Crippen LogP contribution is 2.32. The monoisotopic (exact) mass is 893 g/mol. The fraction of sp³-hybridized carbons (Fsp3) is 0.178. The van der Waals surface area contributed by atoms with E-state index in [1.54, 1.807) is 18.4 Å². The number of nitrogens with zero attached hydrogens (tertiary/aromatic N) is 1. The molecule has 3 nitrogen and oxygen atoms in total. The number of carbonyl (C=O) groups excluding carboxylic acids is 1. The first-order chi connectivity index (χ1) is 28.7. The van der Waals surface area contributed by atoms with Crippen molar-refractivity contribution in [3.63, 3.8) is 0 Å². The molecule has 1 unspecified atom stereocenters. The van der Waals surface area contributed by atoms with Gasteiger partial charge in [-0.1, -0.05) is 119 Å². The van der Waals surface area contributed by atoms with Crippen LogP contribution in [0.15, 0.2) is 157 Å². The van der Waals surface area contributed by atoms with Crippen LogP contribution in [0.25, 0.3) is 0 Å². The third-order valence-electron chi connectivity index (χ3n) is 10.3. The van der Waals surface area contributed by atoms with Crippen molar-refractivity contribution in [3.05, 3.63) is 179 Å². The Morgan fingerprint density at radius 2 is 0.758 bits per heavy atom. The van der Waals surface area contributed by atoms with Gasteiger partial charge in [0, 0.05) is 25.3 Å². The maximum Gasteiger partial charge on any atom is 0.416 e. The van der Waals surface area contributed by atoms with E-state index >= 15 is 0 Å². The number of ketones is 1. The first-order valence-corrected chi connectivity index (χ1v) is 20.6. The Kier molecular flexibility index (Phi) is 13.6. The Morgan fingerprint density at radius 1 is 0.468 bits per heavy atom. The molecule has 0 fully saturated rings. The van der Waals surface area contributed by atoms with Crippen molar-refractivity contribution >= 4 is 49.4 Å². The number of alkyl halides is 12. The average molecular weight is 894 g/mol. The van der Waals surface area contributed by atoms with Crippen molar-refractivity contribution < 1.29 is 61.7 Å². The molecule has 62 heavy (non-hydrogen) atoms. The summed E-state index contributed by atoms with van der Waals surface area (Å²) in [6.07, 6.45) is -20.3. The molecule has 0 spiro atoms. The largest absolute Gasteiger partial charge is 0.416 e. The smallest absolute Gasteiger partial charge is 0.378 e. The van der Waals surface area contributed by atoms with E-state index in [1.807, 2.05) is 61.5 Å². The number of halogens is 12. The van der Waals surface area contributed by atoms with E-state index in [2.05, 4.69) is 0 Å². The van der Waals surface area contributed by atoms with Gasteiger partial charge in [-0.3, -0.25) is 4.79 Å². The SMILES string of the molecule is CN(C)c1ccc(C(=O)C[S+](C)(=O)c2ccccc2)cc1.FC(F)(F)c1ccc([B-](c2ccc(C(F)(F)F)cc2)(c2ccc(C(F)(F)F)cc2)c2ccc(C(F)(F)F)cc2)cc1. The van der Waals surface area contributed by atoms with E-state index in [9.17, 15) is 61.7 Å². The molecule has 0 N–H and O–H groups in total. The van der Waals surface area contributed by atoms with Crippen LogP contribution in [0.4, 0.5) is 58.4 Å². The van der Waals surface area contributed by atoms with E-state index in [0.717, 1.165) is 59.1 Å². The predicted octanol–water partition coefficient (Wildman–Crippen LogP) is 10.3. The summed E-state index contributed by atoms with van der Waals surface area (Å²) in [5.74, 6) is -0.0464. The van der Waals surface area contributed by atoms with Gasteiger partial charge >= 0.3 is 24.7 Å². The highest BCUT2D eigenvalue weighted by Gasteiger charge is 2.38. The van der Waals surface area contributed by atoms with E-state index in [1.165, 1.54) is 0 Å². The summed E-state index contributed by atoms with van der Waals surface area (Å²) < 4.78 is 173. The molecule has 1 atom stereocenters. The van der Waals surface area contributed by atoms with Crippen LogP contribution in [0.1, 0.15) is 32.6 Å². The topological polar surface area (TPSA) is 37.4 Å². The molecule has 0 aliphatic heterocycles. The second kappa shape index (κ2) is 17.9. The molecule has 326 valence electrons. The van der Waals surface area contributed by atoms with E-state index in [-0.39, 0.29) is 33.4 Å². The number of carbonyl (C=O) groups is 1. The van der Waals surface area contributed by atoms with Crippen LogP contribution in [0.2, 0.25) is 0 Å². The van der Waals surface area contributed by atoms with Crippen LogP contribution in [0.3, 0.4) is 0 Å². The molecule has 0 heterocycles. The molecule has 0 aromatic heterocycles. The van der Waals surface area contributed by atoms with E-state index in [4.69, 9.17) is 0 Å². The summed E-state index contributed by atoms with van der Waals surface area (Å²) in [7, 11) is 1.55. The lowest BCUT2D eigenvalue weighted by molar-refractivity contribution is -0.138.